The number of benzene rings is 1. The molecular weight excluding hydrogens is 342 g/mol. The van der Waals surface area contributed by atoms with Gasteiger partial charge in [-0.05, 0) is 39.0 Å². The lowest BCUT2D eigenvalue weighted by atomic mass is 9.97. The van der Waals surface area contributed by atoms with Gasteiger partial charge >= 0.3 is 5.97 Å². The maximum atomic E-state index is 12.1. The smallest absolute Gasteiger partial charge is 0.312 e. The van der Waals surface area contributed by atoms with E-state index < -0.39 is 5.41 Å². The van der Waals surface area contributed by atoms with E-state index in [1.54, 1.807) is 24.5 Å². The van der Waals surface area contributed by atoms with Crippen molar-refractivity contribution in [2.75, 3.05) is 12.3 Å². The van der Waals surface area contributed by atoms with Gasteiger partial charge in [0.05, 0.1) is 11.5 Å². The molecule has 7 nitrogen and oxygen atoms in total. The Hall–Kier alpha value is -2.12. The van der Waals surface area contributed by atoms with Gasteiger partial charge in [0.15, 0.2) is 12.1 Å². The number of hydrogen-bond acceptors (Lipinski definition) is 6. The Balaban J connectivity index is 1.78. The third-order valence-corrected chi connectivity index (χ3v) is 4.39. The Labute approximate surface area is 151 Å². The molecule has 1 saturated heterocycles. The Morgan fingerprint density at radius 2 is 2.20 bits per heavy atom. The second kappa shape index (κ2) is 6.65. The molecule has 0 bridgehead atoms. The van der Waals surface area contributed by atoms with E-state index in [1.165, 1.54) is 0 Å². The van der Waals surface area contributed by atoms with Crippen LogP contribution in [0.1, 0.15) is 33.2 Å². The average Bonchev–Trinajstić information content (AvgIpc) is 3.17. The van der Waals surface area contributed by atoms with Gasteiger partial charge in [0, 0.05) is 29.2 Å². The summed E-state index contributed by atoms with van der Waals surface area (Å²) in [7, 11) is 0. The van der Waals surface area contributed by atoms with Crippen LogP contribution in [0.2, 0.25) is 5.02 Å². The zero-order chi connectivity index (χ0) is 18.2. The molecule has 0 amide bonds. The van der Waals surface area contributed by atoms with Crippen LogP contribution in [-0.2, 0) is 9.53 Å². The molecule has 1 aliphatic heterocycles. The molecule has 8 heteroatoms. The molecule has 2 heterocycles. The van der Waals surface area contributed by atoms with E-state index in [0.717, 1.165) is 5.56 Å². The lowest BCUT2D eigenvalue weighted by Gasteiger charge is -2.20. The molecule has 0 aliphatic carbocycles. The van der Waals surface area contributed by atoms with Crippen molar-refractivity contribution in [1.82, 2.24) is 20.1 Å². The third kappa shape index (κ3) is 3.77. The van der Waals surface area contributed by atoms with Crippen LogP contribution in [-0.4, -0.2) is 33.5 Å². The standard InChI is InChI=1S/C17H22ClN5O2/c1-17(2,3)16(24)25-14-7-11(8-20-14)23-9-21-22-15(23)12-6-10(18)4-5-13(12)19/h4-6,9,11,14,20H,7-8,19H2,1-3H3/t11-,14-/m0/s1. The topological polar surface area (TPSA) is 95.1 Å². The van der Waals surface area contributed by atoms with Crippen molar-refractivity contribution in [3.8, 4) is 11.4 Å². The van der Waals surface area contributed by atoms with Crippen LogP contribution in [0.3, 0.4) is 0 Å². The maximum absolute atomic E-state index is 12.1. The first-order chi connectivity index (χ1) is 11.8. The number of ether oxygens (including phenoxy) is 1. The number of carbonyl (C=O) groups is 1. The van der Waals surface area contributed by atoms with Crippen molar-refractivity contribution in [1.29, 1.82) is 0 Å². The summed E-state index contributed by atoms with van der Waals surface area (Å²) in [5.41, 5.74) is 6.85. The molecule has 0 radical (unpaired) electrons. The lowest BCUT2D eigenvalue weighted by Crippen LogP contribution is -2.33. The second-order valence-corrected chi connectivity index (χ2v) is 7.67. The van der Waals surface area contributed by atoms with Gasteiger partial charge in [-0.25, -0.2) is 0 Å². The number of nitrogen functional groups attached to an aromatic ring is 1. The first kappa shape index (κ1) is 17.7. The van der Waals surface area contributed by atoms with Crippen molar-refractivity contribution < 1.29 is 9.53 Å². The Morgan fingerprint density at radius 1 is 1.44 bits per heavy atom. The van der Waals surface area contributed by atoms with E-state index in [0.29, 0.717) is 29.5 Å². The number of halogens is 1. The number of anilines is 1. The summed E-state index contributed by atoms with van der Waals surface area (Å²) in [6, 6.07) is 5.32. The molecule has 25 heavy (non-hydrogen) atoms. The fourth-order valence-corrected chi connectivity index (χ4v) is 2.89. The summed E-state index contributed by atoms with van der Waals surface area (Å²) in [4.78, 5) is 12.1. The number of nitrogens with one attached hydrogen (secondary N) is 1. The van der Waals surface area contributed by atoms with Crippen LogP contribution in [0.25, 0.3) is 11.4 Å². The highest BCUT2D eigenvalue weighted by atomic mass is 35.5. The van der Waals surface area contributed by atoms with Crippen LogP contribution < -0.4 is 11.1 Å². The Kier molecular flexibility index (Phi) is 4.71. The largest absolute Gasteiger partial charge is 0.446 e. The highest BCUT2D eigenvalue weighted by molar-refractivity contribution is 6.31. The maximum Gasteiger partial charge on any atom is 0.312 e. The first-order valence-corrected chi connectivity index (χ1v) is 8.53. The van der Waals surface area contributed by atoms with Gasteiger partial charge in [-0.15, -0.1) is 10.2 Å². The number of hydrogen-bond donors (Lipinski definition) is 2. The minimum Gasteiger partial charge on any atom is -0.446 e. The first-order valence-electron chi connectivity index (χ1n) is 8.15. The summed E-state index contributed by atoms with van der Waals surface area (Å²) < 4.78 is 7.49. The molecule has 0 saturated carbocycles. The second-order valence-electron chi connectivity index (χ2n) is 7.24. The molecule has 2 aromatic rings. The number of aromatic nitrogens is 3. The minimum absolute atomic E-state index is 0.0566. The van der Waals surface area contributed by atoms with Crippen molar-refractivity contribution >= 4 is 23.3 Å². The Morgan fingerprint density at radius 3 is 2.92 bits per heavy atom. The molecule has 2 atom stereocenters. The lowest BCUT2D eigenvalue weighted by molar-refractivity contribution is -0.159. The molecule has 1 aromatic heterocycles. The van der Waals surface area contributed by atoms with Crippen LogP contribution in [0, 0.1) is 5.41 Å². The average molecular weight is 364 g/mol. The zero-order valence-electron chi connectivity index (χ0n) is 14.5. The van der Waals surface area contributed by atoms with Gasteiger partial charge < -0.3 is 15.0 Å². The van der Waals surface area contributed by atoms with Gasteiger partial charge in [-0.2, -0.15) is 0 Å². The monoisotopic (exact) mass is 363 g/mol. The van der Waals surface area contributed by atoms with E-state index >= 15 is 0 Å². The van der Waals surface area contributed by atoms with Crippen LogP contribution in [0.15, 0.2) is 24.5 Å². The summed E-state index contributed by atoms with van der Waals surface area (Å²) >= 11 is 6.09. The van der Waals surface area contributed by atoms with Crippen molar-refractivity contribution in [3.05, 3.63) is 29.5 Å². The SMILES string of the molecule is CC(C)(C)C(=O)O[C@H]1C[C@H](n2cnnc2-c2cc(Cl)ccc2N)CN1. The third-order valence-electron chi connectivity index (χ3n) is 4.15. The number of nitrogens with zero attached hydrogens (tertiary/aromatic N) is 3. The molecule has 0 spiro atoms. The van der Waals surface area contributed by atoms with Gasteiger partial charge in [0.2, 0.25) is 0 Å². The summed E-state index contributed by atoms with van der Waals surface area (Å²) in [5.74, 6) is 0.420. The fraction of sp³-hybridized carbons (Fsp3) is 0.471. The summed E-state index contributed by atoms with van der Waals surface area (Å²) in [6.45, 7) is 6.15. The van der Waals surface area contributed by atoms with Crippen LogP contribution >= 0.6 is 11.6 Å². The predicted octanol–water partition coefficient (Wildman–Crippen LogP) is 2.63. The number of esters is 1. The minimum atomic E-state index is -0.531. The van der Waals surface area contributed by atoms with Gasteiger partial charge in [0.1, 0.15) is 6.33 Å². The zero-order valence-corrected chi connectivity index (χ0v) is 15.2. The van der Waals surface area contributed by atoms with Gasteiger partial charge in [-0.1, -0.05) is 11.6 Å². The predicted molar refractivity (Wildman–Crippen MR) is 95.9 cm³/mol. The van der Waals surface area contributed by atoms with Crippen LogP contribution in [0.5, 0.6) is 0 Å². The van der Waals surface area contributed by atoms with E-state index in [2.05, 4.69) is 15.5 Å². The Bertz CT molecular complexity index is 784. The van der Waals surface area contributed by atoms with E-state index in [9.17, 15) is 4.79 Å². The van der Waals surface area contributed by atoms with Crippen molar-refractivity contribution in [3.63, 3.8) is 0 Å². The van der Waals surface area contributed by atoms with E-state index in [-0.39, 0.29) is 18.2 Å². The molecule has 1 aromatic carbocycles. The highest BCUT2D eigenvalue weighted by Crippen LogP contribution is 2.31. The molecule has 134 valence electrons. The summed E-state index contributed by atoms with van der Waals surface area (Å²) in [6.07, 6.45) is 1.97. The highest BCUT2D eigenvalue weighted by Gasteiger charge is 2.33. The summed E-state index contributed by atoms with van der Waals surface area (Å²) in [5, 5.41) is 12.0. The van der Waals surface area contributed by atoms with E-state index in [1.807, 2.05) is 25.3 Å². The number of rotatable bonds is 3. The van der Waals surface area contributed by atoms with Crippen molar-refractivity contribution in [2.24, 2.45) is 5.41 Å². The quantitative estimate of drug-likeness (QED) is 0.643. The molecule has 3 N–H and O–H groups in total. The normalized spacial score (nSPS) is 20.6. The molecule has 1 fully saturated rings. The molecule has 1 aliphatic rings. The number of carbonyl (C=O) groups excluding carboxylic acids is 1. The van der Waals surface area contributed by atoms with Crippen molar-refractivity contribution in [2.45, 2.75) is 39.5 Å². The molecule has 3 rings (SSSR count). The molecular formula is C17H22ClN5O2. The van der Waals surface area contributed by atoms with Gasteiger partial charge in [-0.3, -0.25) is 10.1 Å². The van der Waals surface area contributed by atoms with Crippen LogP contribution in [0.4, 0.5) is 5.69 Å². The number of nitrogens with two attached hydrogens (primary N) is 1. The van der Waals surface area contributed by atoms with E-state index in [4.69, 9.17) is 22.1 Å². The molecule has 0 unspecified atom stereocenters. The van der Waals surface area contributed by atoms with Gasteiger partial charge in [0.25, 0.3) is 0 Å². The fourth-order valence-electron chi connectivity index (χ4n) is 2.71.